The molecule has 1 N–H and O–H groups in total. The average Bonchev–Trinajstić information content (AvgIpc) is 3.16. The monoisotopic (exact) mass is 353 g/mol. The quantitative estimate of drug-likeness (QED) is 0.805. The van der Waals surface area contributed by atoms with E-state index < -0.39 is 5.44 Å². The average molecular weight is 353 g/mol. The van der Waals surface area contributed by atoms with E-state index in [2.05, 4.69) is 15.3 Å². The molecule has 26 heavy (non-hydrogen) atoms. The molecule has 0 unspecified atom stereocenters. The lowest BCUT2D eigenvalue weighted by Gasteiger charge is -2.32. The molecule has 3 rings (SSSR count). The van der Waals surface area contributed by atoms with Gasteiger partial charge in [-0.25, -0.2) is 4.98 Å². The molecule has 140 valence electrons. The largest absolute Gasteiger partial charge is 0.354 e. The normalized spacial score (nSPS) is 22.5. The van der Waals surface area contributed by atoms with Crippen molar-refractivity contribution in [3.8, 4) is 0 Å². The summed E-state index contributed by atoms with van der Waals surface area (Å²) in [6.07, 6.45) is 19.6. The first-order chi connectivity index (χ1) is 12.7. The molecule has 0 atom stereocenters. The van der Waals surface area contributed by atoms with Gasteiger partial charge in [-0.1, -0.05) is 64.2 Å². The van der Waals surface area contributed by atoms with E-state index in [1.807, 2.05) is 6.20 Å². The van der Waals surface area contributed by atoms with Crippen LogP contribution in [0.2, 0.25) is 0 Å². The van der Waals surface area contributed by atoms with Gasteiger partial charge in [-0.3, -0.25) is 9.78 Å². The zero-order chi connectivity index (χ0) is 18.2. The fourth-order valence-electron chi connectivity index (χ4n) is 4.39. The van der Waals surface area contributed by atoms with E-state index in [1.54, 1.807) is 6.20 Å². The van der Waals surface area contributed by atoms with Crippen molar-refractivity contribution in [1.29, 1.82) is 0 Å². The second-order valence-electron chi connectivity index (χ2n) is 8.25. The van der Waals surface area contributed by atoms with E-state index in [4.69, 9.17) is 7.85 Å². The first kappa shape index (κ1) is 19.4. The van der Waals surface area contributed by atoms with Crippen LogP contribution in [0.25, 0.3) is 0 Å². The van der Waals surface area contributed by atoms with Crippen LogP contribution in [0.1, 0.15) is 112 Å². The third kappa shape index (κ3) is 5.55. The molecule has 2 radical (unpaired) electrons. The van der Waals surface area contributed by atoms with Crippen LogP contribution in [0.15, 0.2) is 12.4 Å². The van der Waals surface area contributed by atoms with Gasteiger partial charge in [0.1, 0.15) is 13.5 Å². The molecule has 1 aromatic rings. The minimum atomic E-state index is -0.619. The standard InChI is InChI=1S/C21H32BN3O/c22-21(13-9-5-3-1-2-4-6-10-14-21)25-20(26)19-16-23-15-18(24-19)17-11-7-8-12-17/h15-17H,1-14H2,(H,25,26). The van der Waals surface area contributed by atoms with Crippen molar-refractivity contribution in [2.75, 3.05) is 0 Å². The number of carbonyl (C=O) groups is 1. The van der Waals surface area contributed by atoms with E-state index in [1.165, 1.54) is 51.4 Å². The van der Waals surface area contributed by atoms with E-state index >= 15 is 0 Å². The third-order valence-corrected chi connectivity index (χ3v) is 6.02. The number of hydrogen-bond acceptors (Lipinski definition) is 3. The summed E-state index contributed by atoms with van der Waals surface area (Å²) < 4.78 is 0. The van der Waals surface area contributed by atoms with Crippen molar-refractivity contribution < 1.29 is 4.79 Å². The van der Waals surface area contributed by atoms with Crippen molar-refractivity contribution in [2.24, 2.45) is 0 Å². The number of aromatic nitrogens is 2. The summed E-state index contributed by atoms with van der Waals surface area (Å²) in [5.74, 6) is 0.286. The van der Waals surface area contributed by atoms with Gasteiger partial charge < -0.3 is 5.32 Å². The SMILES string of the molecule is [B]C1(NC(=O)c2cncc(C3CCCC3)n2)CCCCCCCCCC1. The van der Waals surface area contributed by atoms with E-state index in [-0.39, 0.29) is 5.91 Å². The molecule has 0 aromatic carbocycles. The second kappa shape index (κ2) is 9.52. The van der Waals surface area contributed by atoms with Gasteiger partial charge in [-0.05, 0) is 25.7 Å². The Morgan fingerprint density at radius 3 is 2.12 bits per heavy atom. The van der Waals surface area contributed by atoms with Gasteiger partial charge in [0.2, 0.25) is 0 Å². The number of rotatable bonds is 3. The first-order valence-electron chi connectivity index (χ1n) is 10.6. The molecule has 0 bridgehead atoms. The molecule has 0 spiro atoms. The van der Waals surface area contributed by atoms with Crippen LogP contribution in [0.3, 0.4) is 0 Å². The molecular formula is C21H32BN3O. The molecule has 2 aliphatic rings. The number of amides is 1. The van der Waals surface area contributed by atoms with E-state index in [0.29, 0.717) is 11.6 Å². The molecule has 0 aliphatic heterocycles. The maximum absolute atomic E-state index is 12.8. The first-order valence-corrected chi connectivity index (χ1v) is 10.6. The van der Waals surface area contributed by atoms with Crippen molar-refractivity contribution in [2.45, 2.75) is 101 Å². The summed E-state index contributed by atoms with van der Waals surface area (Å²) in [7, 11) is 6.62. The van der Waals surface area contributed by atoms with Crippen LogP contribution in [0.4, 0.5) is 0 Å². The third-order valence-electron chi connectivity index (χ3n) is 6.02. The molecule has 1 heterocycles. The molecule has 5 heteroatoms. The van der Waals surface area contributed by atoms with Crippen molar-refractivity contribution >= 4 is 13.8 Å². The van der Waals surface area contributed by atoms with Crippen molar-refractivity contribution in [3.05, 3.63) is 23.8 Å². The van der Waals surface area contributed by atoms with Gasteiger partial charge in [0, 0.05) is 17.6 Å². The minimum absolute atomic E-state index is 0.172. The molecule has 4 nitrogen and oxygen atoms in total. The van der Waals surface area contributed by atoms with Gasteiger partial charge in [-0.2, -0.15) is 0 Å². The lowest BCUT2D eigenvalue weighted by atomic mass is 9.70. The van der Waals surface area contributed by atoms with Gasteiger partial charge in [0.25, 0.3) is 5.91 Å². The van der Waals surface area contributed by atoms with Crippen LogP contribution in [0.5, 0.6) is 0 Å². The maximum atomic E-state index is 12.8. The van der Waals surface area contributed by atoms with Crippen LogP contribution in [0, 0.1) is 0 Å². The Bertz CT molecular complexity index is 574. The smallest absolute Gasteiger partial charge is 0.271 e. The lowest BCUT2D eigenvalue weighted by Crippen LogP contribution is -2.49. The topological polar surface area (TPSA) is 54.9 Å². The summed E-state index contributed by atoms with van der Waals surface area (Å²) in [5.41, 5.74) is 0.754. The highest BCUT2D eigenvalue weighted by molar-refractivity contribution is 6.17. The Kier molecular flexibility index (Phi) is 7.10. The zero-order valence-corrected chi connectivity index (χ0v) is 16.0. The summed E-state index contributed by atoms with van der Waals surface area (Å²) in [6, 6.07) is 0. The zero-order valence-electron chi connectivity index (χ0n) is 16.0. The van der Waals surface area contributed by atoms with Crippen molar-refractivity contribution in [3.63, 3.8) is 0 Å². The summed E-state index contributed by atoms with van der Waals surface area (Å²) in [5, 5.41) is 3.10. The Balaban J connectivity index is 1.65. The Morgan fingerprint density at radius 1 is 0.923 bits per heavy atom. The van der Waals surface area contributed by atoms with Crippen LogP contribution >= 0.6 is 0 Å². The highest BCUT2D eigenvalue weighted by Gasteiger charge is 2.27. The van der Waals surface area contributed by atoms with E-state index in [9.17, 15) is 4.79 Å². The summed E-state index contributed by atoms with van der Waals surface area (Å²) in [6.45, 7) is 0. The number of hydrogen-bond donors (Lipinski definition) is 1. The Labute approximate surface area is 159 Å². The number of carbonyl (C=O) groups excluding carboxylic acids is 1. The molecule has 1 aromatic heterocycles. The van der Waals surface area contributed by atoms with Gasteiger partial charge in [0.05, 0.1) is 11.9 Å². The number of nitrogens with one attached hydrogen (secondary N) is 1. The van der Waals surface area contributed by atoms with Gasteiger partial charge >= 0.3 is 0 Å². The van der Waals surface area contributed by atoms with Gasteiger partial charge in [0.15, 0.2) is 0 Å². The van der Waals surface area contributed by atoms with Crippen LogP contribution < -0.4 is 5.32 Å². The Hall–Kier alpha value is -1.39. The molecule has 2 aliphatic carbocycles. The highest BCUT2D eigenvalue weighted by atomic mass is 16.2. The lowest BCUT2D eigenvalue weighted by molar-refractivity contribution is 0.0913. The van der Waals surface area contributed by atoms with E-state index in [0.717, 1.165) is 44.2 Å². The van der Waals surface area contributed by atoms with Crippen LogP contribution in [-0.4, -0.2) is 29.2 Å². The molecule has 2 fully saturated rings. The molecule has 2 saturated carbocycles. The Morgan fingerprint density at radius 2 is 1.50 bits per heavy atom. The summed E-state index contributed by atoms with van der Waals surface area (Å²) >= 11 is 0. The molecule has 1 amide bonds. The highest BCUT2D eigenvalue weighted by Crippen LogP contribution is 2.32. The molecular weight excluding hydrogens is 321 g/mol. The second-order valence-corrected chi connectivity index (χ2v) is 8.25. The summed E-state index contributed by atoms with van der Waals surface area (Å²) in [4.78, 5) is 21.7. The van der Waals surface area contributed by atoms with Crippen molar-refractivity contribution in [1.82, 2.24) is 15.3 Å². The fourth-order valence-corrected chi connectivity index (χ4v) is 4.39. The van der Waals surface area contributed by atoms with Crippen LogP contribution in [-0.2, 0) is 0 Å². The maximum Gasteiger partial charge on any atom is 0.271 e. The number of nitrogens with zero attached hydrogens (tertiary/aromatic N) is 2. The van der Waals surface area contributed by atoms with Gasteiger partial charge in [-0.15, -0.1) is 0 Å². The predicted molar refractivity (Wildman–Crippen MR) is 105 cm³/mol. The minimum Gasteiger partial charge on any atom is -0.354 e. The predicted octanol–water partition coefficient (Wildman–Crippen LogP) is 4.64. The molecule has 0 saturated heterocycles. The fraction of sp³-hybridized carbons (Fsp3) is 0.762.